The van der Waals surface area contributed by atoms with Crippen LogP contribution in [-0.2, 0) is 6.42 Å². The first-order valence-electron chi connectivity index (χ1n) is 6.97. The number of methoxy groups -OCH3 is 1. The molecule has 0 aliphatic rings. The number of nitro benzene ring substituents is 1. The van der Waals surface area contributed by atoms with Crippen molar-refractivity contribution in [2.75, 3.05) is 7.11 Å². The highest BCUT2D eigenvalue weighted by molar-refractivity contribution is 5.96. The van der Waals surface area contributed by atoms with Gasteiger partial charge in [-0.05, 0) is 11.6 Å². The van der Waals surface area contributed by atoms with E-state index in [9.17, 15) is 10.1 Å². The van der Waals surface area contributed by atoms with Gasteiger partial charge in [0.2, 0.25) is 0 Å². The predicted molar refractivity (Wildman–Crippen MR) is 86.4 cm³/mol. The van der Waals surface area contributed by atoms with E-state index in [1.807, 2.05) is 42.5 Å². The van der Waals surface area contributed by atoms with Crippen LogP contribution in [0.5, 0.6) is 5.75 Å². The molecule has 0 unspecified atom stereocenters. The Morgan fingerprint density at radius 2 is 1.64 bits per heavy atom. The number of nitro groups is 1. The molecule has 0 amide bonds. The van der Waals surface area contributed by atoms with Gasteiger partial charge in [-0.3, -0.25) is 10.1 Å². The zero-order chi connectivity index (χ0) is 15.5. The zero-order valence-corrected chi connectivity index (χ0v) is 12.2. The molecule has 0 aliphatic carbocycles. The highest BCUT2D eigenvalue weighted by Gasteiger charge is 2.19. The minimum absolute atomic E-state index is 0.113. The zero-order valence-electron chi connectivity index (χ0n) is 12.2. The first-order chi connectivity index (χ1) is 10.7. The summed E-state index contributed by atoms with van der Waals surface area (Å²) >= 11 is 0. The maximum absolute atomic E-state index is 11.4. The summed E-state index contributed by atoms with van der Waals surface area (Å²) < 4.78 is 5.54. The fraction of sp³-hybridized carbons (Fsp3) is 0.111. The van der Waals surface area contributed by atoms with Crippen LogP contribution in [0.3, 0.4) is 0 Å². The smallest absolute Gasteiger partial charge is 0.277 e. The van der Waals surface area contributed by atoms with Crippen LogP contribution in [0.4, 0.5) is 5.69 Å². The quantitative estimate of drug-likeness (QED) is 0.531. The summed E-state index contributed by atoms with van der Waals surface area (Å²) in [7, 11) is 1.60. The lowest BCUT2D eigenvalue weighted by molar-refractivity contribution is -0.383. The highest BCUT2D eigenvalue weighted by Crippen LogP contribution is 2.37. The van der Waals surface area contributed by atoms with Crippen molar-refractivity contribution in [1.82, 2.24) is 0 Å². The van der Waals surface area contributed by atoms with Gasteiger partial charge >= 0.3 is 0 Å². The van der Waals surface area contributed by atoms with E-state index >= 15 is 0 Å². The molecular formula is C18H15NO3. The highest BCUT2D eigenvalue weighted by atomic mass is 16.6. The van der Waals surface area contributed by atoms with Crippen LogP contribution in [0, 0.1) is 10.1 Å². The van der Waals surface area contributed by atoms with E-state index in [4.69, 9.17) is 4.74 Å². The second kappa shape index (κ2) is 5.85. The Hall–Kier alpha value is -2.88. The van der Waals surface area contributed by atoms with Gasteiger partial charge in [-0.15, -0.1) is 0 Å². The third-order valence-corrected chi connectivity index (χ3v) is 3.69. The Kier molecular flexibility index (Phi) is 3.74. The number of benzene rings is 3. The standard InChI is InChI=1S/C18H15NO3/c1-22-18-14(11-13-7-3-2-4-8-13)12-17(19(20)21)15-9-5-6-10-16(15)18/h2-10,12H,11H2,1H3. The molecule has 0 radical (unpaired) electrons. The van der Waals surface area contributed by atoms with E-state index < -0.39 is 0 Å². The van der Waals surface area contributed by atoms with Crippen molar-refractivity contribution in [1.29, 1.82) is 0 Å². The minimum Gasteiger partial charge on any atom is -0.496 e. The Balaban J connectivity index is 2.22. The molecule has 0 spiro atoms. The van der Waals surface area contributed by atoms with Crippen molar-refractivity contribution in [2.24, 2.45) is 0 Å². The number of rotatable bonds is 4. The van der Waals surface area contributed by atoms with Gasteiger partial charge in [0, 0.05) is 23.4 Å². The van der Waals surface area contributed by atoms with Gasteiger partial charge in [-0.1, -0.05) is 48.5 Å². The molecule has 0 aliphatic heterocycles. The van der Waals surface area contributed by atoms with Gasteiger partial charge in [-0.2, -0.15) is 0 Å². The first-order valence-corrected chi connectivity index (χ1v) is 6.97. The number of nitrogens with zero attached hydrogens (tertiary/aromatic N) is 1. The molecule has 0 saturated heterocycles. The number of non-ortho nitro benzene ring substituents is 1. The van der Waals surface area contributed by atoms with Gasteiger partial charge in [0.15, 0.2) is 0 Å². The Labute approximate surface area is 128 Å². The summed E-state index contributed by atoms with van der Waals surface area (Å²) in [5.41, 5.74) is 2.02. The van der Waals surface area contributed by atoms with Crippen LogP contribution in [0.15, 0.2) is 60.7 Å². The fourth-order valence-corrected chi connectivity index (χ4v) is 2.72. The topological polar surface area (TPSA) is 52.4 Å². The predicted octanol–water partition coefficient (Wildman–Crippen LogP) is 4.35. The molecule has 4 nitrogen and oxygen atoms in total. The third-order valence-electron chi connectivity index (χ3n) is 3.69. The SMILES string of the molecule is COc1c(Cc2ccccc2)cc([N+](=O)[O-])c2ccccc12. The molecule has 22 heavy (non-hydrogen) atoms. The van der Waals surface area contributed by atoms with Gasteiger partial charge in [-0.25, -0.2) is 0 Å². The van der Waals surface area contributed by atoms with Crippen LogP contribution >= 0.6 is 0 Å². The molecule has 4 heteroatoms. The maximum Gasteiger partial charge on any atom is 0.277 e. The van der Waals surface area contributed by atoms with E-state index in [1.165, 1.54) is 0 Å². The molecule has 3 rings (SSSR count). The second-order valence-corrected chi connectivity index (χ2v) is 5.05. The lowest BCUT2D eigenvalue weighted by Gasteiger charge is -2.12. The van der Waals surface area contributed by atoms with Crippen molar-refractivity contribution < 1.29 is 9.66 Å². The molecule has 110 valence electrons. The molecule has 0 fully saturated rings. The van der Waals surface area contributed by atoms with E-state index in [0.717, 1.165) is 16.5 Å². The number of hydrogen-bond donors (Lipinski definition) is 0. The average molecular weight is 293 g/mol. The number of ether oxygens (including phenoxy) is 1. The summed E-state index contributed by atoms with van der Waals surface area (Å²) in [6.07, 6.45) is 0.593. The fourth-order valence-electron chi connectivity index (χ4n) is 2.72. The Bertz CT molecular complexity index is 828. The van der Waals surface area contributed by atoms with Crippen LogP contribution in [0.25, 0.3) is 10.8 Å². The lowest BCUT2D eigenvalue weighted by Crippen LogP contribution is -1.99. The monoisotopic (exact) mass is 293 g/mol. The summed E-state index contributed by atoms with van der Waals surface area (Å²) in [6.45, 7) is 0. The molecule has 3 aromatic carbocycles. The summed E-state index contributed by atoms with van der Waals surface area (Å²) in [4.78, 5) is 11.0. The van der Waals surface area contributed by atoms with E-state index in [0.29, 0.717) is 17.6 Å². The van der Waals surface area contributed by atoms with Gasteiger partial charge in [0.25, 0.3) is 5.69 Å². The maximum atomic E-state index is 11.4. The number of hydrogen-bond acceptors (Lipinski definition) is 3. The molecule has 0 bridgehead atoms. The van der Waals surface area contributed by atoms with E-state index in [-0.39, 0.29) is 10.6 Å². The van der Waals surface area contributed by atoms with Gasteiger partial charge in [0.05, 0.1) is 17.4 Å². The Morgan fingerprint density at radius 1 is 1.00 bits per heavy atom. The molecule has 0 aromatic heterocycles. The normalized spacial score (nSPS) is 10.6. The lowest BCUT2D eigenvalue weighted by atomic mass is 9.98. The van der Waals surface area contributed by atoms with Gasteiger partial charge < -0.3 is 4.74 Å². The molecule has 0 N–H and O–H groups in total. The molecule has 0 saturated carbocycles. The van der Waals surface area contributed by atoms with Crippen molar-refractivity contribution in [3.63, 3.8) is 0 Å². The van der Waals surface area contributed by atoms with Crippen LogP contribution in [-0.4, -0.2) is 12.0 Å². The van der Waals surface area contributed by atoms with E-state index in [1.54, 1.807) is 25.3 Å². The second-order valence-electron chi connectivity index (χ2n) is 5.05. The largest absolute Gasteiger partial charge is 0.496 e. The Morgan fingerprint density at radius 3 is 2.27 bits per heavy atom. The first kappa shape index (κ1) is 14.1. The average Bonchev–Trinajstić information content (AvgIpc) is 2.55. The molecule has 0 heterocycles. The number of fused-ring (bicyclic) bond motifs is 1. The van der Waals surface area contributed by atoms with Crippen LogP contribution < -0.4 is 4.74 Å². The van der Waals surface area contributed by atoms with Crippen molar-refractivity contribution in [2.45, 2.75) is 6.42 Å². The van der Waals surface area contributed by atoms with Gasteiger partial charge in [0.1, 0.15) is 5.75 Å². The minimum atomic E-state index is -0.337. The summed E-state index contributed by atoms with van der Waals surface area (Å²) in [5, 5.41) is 12.8. The molecular weight excluding hydrogens is 278 g/mol. The van der Waals surface area contributed by atoms with E-state index in [2.05, 4.69) is 0 Å². The summed E-state index contributed by atoms with van der Waals surface area (Å²) in [6, 6.07) is 18.7. The summed E-state index contributed by atoms with van der Waals surface area (Å²) in [5.74, 6) is 0.699. The van der Waals surface area contributed by atoms with Crippen molar-refractivity contribution in [3.8, 4) is 5.75 Å². The van der Waals surface area contributed by atoms with Crippen LogP contribution in [0.2, 0.25) is 0 Å². The van der Waals surface area contributed by atoms with Crippen molar-refractivity contribution in [3.05, 3.63) is 81.9 Å². The molecule has 3 aromatic rings. The third kappa shape index (κ3) is 2.51. The molecule has 0 atom stereocenters. The van der Waals surface area contributed by atoms with Crippen molar-refractivity contribution >= 4 is 16.5 Å². The van der Waals surface area contributed by atoms with Crippen LogP contribution in [0.1, 0.15) is 11.1 Å².